The van der Waals surface area contributed by atoms with E-state index in [0.717, 1.165) is 18.4 Å². The molecule has 1 rings (SSSR count). The summed E-state index contributed by atoms with van der Waals surface area (Å²) >= 11 is 0. The molecule has 1 aromatic rings. The second-order valence-electron chi connectivity index (χ2n) is 10.9. The quantitative estimate of drug-likeness (QED) is 0.0592. The predicted molar refractivity (Wildman–Crippen MR) is 155 cm³/mol. The zero-order chi connectivity index (χ0) is 29.2. The van der Waals surface area contributed by atoms with Crippen LogP contribution in [0.1, 0.15) is 64.9 Å². The largest absolute Gasteiger partial charge is 0.388 e. The van der Waals surface area contributed by atoms with E-state index in [4.69, 9.17) is 5.73 Å². The molecule has 3 atom stereocenters. The van der Waals surface area contributed by atoms with Gasteiger partial charge in [-0.1, -0.05) is 44.2 Å². The Morgan fingerprint density at radius 3 is 2.26 bits per heavy atom. The lowest BCUT2D eigenvalue weighted by Crippen LogP contribution is -2.51. The van der Waals surface area contributed by atoms with Crippen LogP contribution in [0.4, 0.5) is 0 Å². The number of amidine groups is 1. The number of nitrogens with zero attached hydrogens (tertiary/aromatic N) is 2. The first kappa shape index (κ1) is 34.0. The van der Waals surface area contributed by atoms with Gasteiger partial charge >= 0.3 is 0 Å². The third-order valence-corrected chi connectivity index (χ3v) is 6.57. The highest BCUT2D eigenvalue weighted by Gasteiger charge is 2.35. The molecular formula is C29H50N6O4. The number of aliphatic imine (C=N–C) groups is 1. The van der Waals surface area contributed by atoms with E-state index in [1.165, 1.54) is 0 Å². The number of hydrogen-bond acceptors (Lipinski definition) is 6. The van der Waals surface area contributed by atoms with Crippen molar-refractivity contribution >= 4 is 23.6 Å². The van der Waals surface area contributed by atoms with Gasteiger partial charge in [0.15, 0.2) is 0 Å². The molecule has 39 heavy (non-hydrogen) atoms. The van der Waals surface area contributed by atoms with Gasteiger partial charge < -0.3 is 21.3 Å². The summed E-state index contributed by atoms with van der Waals surface area (Å²) in [5.41, 5.74) is 8.52. The average Bonchev–Trinajstić information content (AvgIpc) is 2.88. The molecule has 0 radical (unpaired) electrons. The molecule has 6 N–H and O–H groups in total. The van der Waals surface area contributed by atoms with Gasteiger partial charge in [-0.05, 0) is 77.4 Å². The highest BCUT2D eigenvalue weighted by molar-refractivity contribution is 5.91. The third kappa shape index (κ3) is 14.7. The number of benzene rings is 1. The number of hydrogen-bond donors (Lipinski definition) is 5. The van der Waals surface area contributed by atoms with Crippen molar-refractivity contribution in [3.05, 3.63) is 35.9 Å². The van der Waals surface area contributed by atoms with E-state index in [0.29, 0.717) is 57.6 Å². The summed E-state index contributed by atoms with van der Waals surface area (Å²) in [4.78, 5) is 45.6. The molecule has 10 heteroatoms. The normalized spacial score (nSPS) is 14.1. The van der Waals surface area contributed by atoms with Crippen LogP contribution in [0.3, 0.4) is 0 Å². The van der Waals surface area contributed by atoms with Crippen molar-refractivity contribution < 1.29 is 19.6 Å². The summed E-state index contributed by atoms with van der Waals surface area (Å²) in [6.07, 6.45) is 4.17. The summed E-state index contributed by atoms with van der Waals surface area (Å²) in [7, 11) is 3.85. The minimum Gasteiger partial charge on any atom is -0.388 e. The molecule has 0 fully saturated rings. The molecule has 0 aliphatic rings. The Kier molecular flexibility index (Phi) is 16.7. The highest BCUT2D eigenvalue weighted by Crippen LogP contribution is 2.27. The van der Waals surface area contributed by atoms with Crippen LogP contribution < -0.4 is 21.8 Å². The Hall–Kier alpha value is -2.98. The van der Waals surface area contributed by atoms with E-state index in [9.17, 15) is 19.6 Å². The van der Waals surface area contributed by atoms with Crippen LogP contribution in [0.2, 0.25) is 0 Å². The van der Waals surface area contributed by atoms with Gasteiger partial charge in [-0.15, -0.1) is 0 Å². The number of likely N-dealkylation sites (N-methyl/N-ethyl adjacent to an activating group) is 1. The molecule has 0 spiro atoms. The van der Waals surface area contributed by atoms with Gasteiger partial charge in [0.25, 0.3) is 0 Å². The molecule has 10 nitrogen and oxygen atoms in total. The zero-order valence-corrected chi connectivity index (χ0v) is 24.4. The molecule has 0 aliphatic carbocycles. The van der Waals surface area contributed by atoms with Crippen LogP contribution >= 0.6 is 0 Å². The lowest BCUT2D eigenvalue weighted by molar-refractivity contribution is -0.142. The van der Waals surface area contributed by atoms with Crippen LogP contribution in [0.5, 0.6) is 0 Å². The molecule has 1 unspecified atom stereocenters. The lowest BCUT2D eigenvalue weighted by Gasteiger charge is -2.28. The van der Waals surface area contributed by atoms with Gasteiger partial charge in [0.05, 0.1) is 11.8 Å². The summed E-state index contributed by atoms with van der Waals surface area (Å²) in [5.74, 6) is -1.94. The lowest BCUT2D eigenvalue weighted by atomic mass is 9.80. The molecule has 0 saturated heterocycles. The average molecular weight is 547 g/mol. The Bertz CT molecular complexity index is 887. The molecule has 220 valence electrons. The molecule has 0 saturated carbocycles. The highest BCUT2D eigenvalue weighted by atomic mass is 16.5. The van der Waals surface area contributed by atoms with E-state index < -0.39 is 23.8 Å². The van der Waals surface area contributed by atoms with Gasteiger partial charge in [0, 0.05) is 25.6 Å². The fraction of sp³-hybridized carbons (Fsp3) is 0.655. The third-order valence-electron chi connectivity index (χ3n) is 6.57. The van der Waals surface area contributed by atoms with E-state index >= 15 is 0 Å². The van der Waals surface area contributed by atoms with Crippen LogP contribution in [-0.4, -0.2) is 73.4 Å². The number of aryl methyl sites for hydroxylation is 1. The molecule has 0 aromatic heterocycles. The monoisotopic (exact) mass is 546 g/mol. The van der Waals surface area contributed by atoms with Gasteiger partial charge in [-0.25, -0.2) is 5.48 Å². The predicted octanol–water partition coefficient (Wildman–Crippen LogP) is 2.50. The summed E-state index contributed by atoms with van der Waals surface area (Å²) < 4.78 is 0. The number of nitrogens with two attached hydrogens (primary N) is 1. The standard InChI is InChI=1S/C29H50N6O4/c1-21(2)20-25(24(28(37)34-39)15-11-14-23-12-7-6-8-13-23)27(36)33-26(16-9-10-17-31-22(3)30)29(38)32-18-19-35(4)5/h6-8,12-13,21,24-26,39H,9-11,14-20H2,1-5H3,(H2,30,31)(H,32,38)(H,33,36)(H,34,37)/t24?,25-,26+/m1/s1. The summed E-state index contributed by atoms with van der Waals surface area (Å²) in [6.45, 7) is 7.40. The van der Waals surface area contributed by atoms with E-state index in [-0.39, 0.29) is 17.7 Å². The van der Waals surface area contributed by atoms with Crippen molar-refractivity contribution in [3.8, 4) is 0 Å². The van der Waals surface area contributed by atoms with Gasteiger partial charge in [0.1, 0.15) is 6.04 Å². The van der Waals surface area contributed by atoms with E-state index in [1.54, 1.807) is 12.4 Å². The van der Waals surface area contributed by atoms with Crippen LogP contribution in [0.15, 0.2) is 35.3 Å². The van der Waals surface area contributed by atoms with Gasteiger partial charge in [-0.3, -0.25) is 24.6 Å². The van der Waals surface area contributed by atoms with Crippen molar-refractivity contribution in [2.75, 3.05) is 33.7 Å². The van der Waals surface area contributed by atoms with Crippen molar-refractivity contribution in [2.24, 2.45) is 28.5 Å². The van der Waals surface area contributed by atoms with Gasteiger partial charge in [0.2, 0.25) is 17.7 Å². The fourth-order valence-corrected chi connectivity index (χ4v) is 4.52. The number of unbranched alkanes of at least 4 members (excludes halogenated alkanes) is 1. The van der Waals surface area contributed by atoms with Crippen molar-refractivity contribution in [1.29, 1.82) is 0 Å². The summed E-state index contributed by atoms with van der Waals surface area (Å²) in [6, 6.07) is 9.21. The minimum absolute atomic E-state index is 0.133. The zero-order valence-electron chi connectivity index (χ0n) is 24.4. The minimum atomic E-state index is -0.737. The van der Waals surface area contributed by atoms with Crippen molar-refractivity contribution in [2.45, 2.75) is 71.8 Å². The smallest absolute Gasteiger partial charge is 0.247 e. The maximum Gasteiger partial charge on any atom is 0.247 e. The van der Waals surface area contributed by atoms with Crippen molar-refractivity contribution in [1.82, 2.24) is 21.0 Å². The van der Waals surface area contributed by atoms with Crippen molar-refractivity contribution in [3.63, 3.8) is 0 Å². The molecule has 0 aliphatic heterocycles. The van der Waals surface area contributed by atoms with E-state index in [1.807, 2.05) is 63.2 Å². The Balaban J connectivity index is 3.01. The number of nitrogens with one attached hydrogen (secondary N) is 3. The van der Waals surface area contributed by atoms with Crippen LogP contribution in [0, 0.1) is 17.8 Å². The Morgan fingerprint density at radius 1 is 0.974 bits per heavy atom. The molecule has 0 bridgehead atoms. The number of carbonyl (C=O) groups excluding carboxylic acids is 3. The number of hydroxylamine groups is 1. The topological polar surface area (TPSA) is 149 Å². The second kappa shape index (κ2) is 19.1. The first-order valence-corrected chi connectivity index (χ1v) is 14.0. The maximum absolute atomic E-state index is 13.6. The van der Waals surface area contributed by atoms with Crippen LogP contribution in [-0.2, 0) is 20.8 Å². The Labute approximate surface area is 234 Å². The SMILES string of the molecule is CC(N)=NCCCC[C@H](NC(=O)[C@H](CC(C)C)C(CCCc1ccccc1)C(=O)NO)C(=O)NCCN(C)C. The first-order chi connectivity index (χ1) is 18.5. The summed E-state index contributed by atoms with van der Waals surface area (Å²) in [5, 5.41) is 15.3. The second-order valence-corrected chi connectivity index (χ2v) is 10.9. The maximum atomic E-state index is 13.6. The molecular weight excluding hydrogens is 496 g/mol. The number of carbonyl (C=O) groups is 3. The number of amides is 3. The first-order valence-electron chi connectivity index (χ1n) is 14.0. The Morgan fingerprint density at radius 2 is 1.67 bits per heavy atom. The van der Waals surface area contributed by atoms with E-state index in [2.05, 4.69) is 15.6 Å². The van der Waals surface area contributed by atoms with Crippen LogP contribution in [0.25, 0.3) is 0 Å². The molecule has 0 heterocycles. The van der Waals surface area contributed by atoms with Gasteiger partial charge in [-0.2, -0.15) is 0 Å². The molecule has 3 amide bonds. The number of rotatable bonds is 19. The molecule has 1 aromatic carbocycles. The fourth-order valence-electron chi connectivity index (χ4n) is 4.52.